The number of non-ortho nitro benzene ring substituents is 1. The number of hydrogen-bond donors (Lipinski definition) is 2. The van der Waals surface area contributed by atoms with Crippen LogP contribution in [-0.4, -0.2) is 33.8 Å². The molecule has 6 nitrogen and oxygen atoms in total. The van der Waals surface area contributed by atoms with Gasteiger partial charge >= 0.3 is 0 Å². The zero-order chi connectivity index (χ0) is 15.2. The zero-order valence-corrected chi connectivity index (χ0v) is 12.3. The molecule has 1 fully saturated rings. The van der Waals surface area contributed by atoms with Crippen LogP contribution in [0.15, 0.2) is 29.2 Å². The number of aliphatic hydroxyl groups excluding tert-OH is 1. The smallest absolute Gasteiger partial charge is 0.269 e. The molecule has 1 aromatic carbocycles. The van der Waals surface area contributed by atoms with Gasteiger partial charge in [0.2, 0.25) is 5.91 Å². The Bertz CT molecular complexity index is 506. The van der Waals surface area contributed by atoms with Crippen molar-refractivity contribution in [2.24, 2.45) is 0 Å². The highest BCUT2D eigenvalue weighted by Gasteiger charge is 2.24. The van der Waals surface area contributed by atoms with Gasteiger partial charge in [-0.3, -0.25) is 14.9 Å². The van der Waals surface area contributed by atoms with Gasteiger partial charge in [-0.1, -0.05) is 12.8 Å². The molecule has 2 atom stereocenters. The molecule has 0 aromatic heterocycles. The molecule has 2 N–H and O–H groups in total. The molecule has 21 heavy (non-hydrogen) atoms. The summed E-state index contributed by atoms with van der Waals surface area (Å²) in [5, 5.41) is 23.2. The van der Waals surface area contributed by atoms with E-state index in [0.29, 0.717) is 0 Å². The van der Waals surface area contributed by atoms with E-state index < -0.39 is 11.0 Å². The topological polar surface area (TPSA) is 92.5 Å². The van der Waals surface area contributed by atoms with Crippen molar-refractivity contribution in [1.29, 1.82) is 0 Å². The summed E-state index contributed by atoms with van der Waals surface area (Å²) in [6.07, 6.45) is 3.13. The Labute approximate surface area is 127 Å². The molecule has 0 heterocycles. The summed E-state index contributed by atoms with van der Waals surface area (Å²) in [5.41, 5.74) is 0.0362. The maximum atomic E-state index is 11.9. The van der Waals surface area contributed by atoms with E-state index in [0.717, 1.165) is 30.6 Å². The first-order valence-electron chi connectivity index (χ1n) is 6.91. The fourth-order valence-electron chi connectivity index (χ4n) is 2.34. The van der Waals surface area contributed by atoms with Crippen LogP contribution >= 0.6 is 11.8 Å². The van der Waals surface area contributed by atoms with Crippen LogP contribution in [0.5, 0.6) is 0 Å². The number of rotatable bonds is 5. The molecule has 1 aliphatic carbocycles. The number of nitrogens with one attached hydrogen (secondary N) is 1. The number of nitro benzene ring substituents is 1. The van der Waals surface area contributed by atoms with E-state index in [2.05, 4.69) is 5.32 Å². The van der Waals surface area contributed by atoms with Crippen LogP contribution in [0.2, 0.25) is 0 Å². The highest BCUT2D eigenvalue weighted by Crippen LogP contribution is 2.22. The summed E-state index contributed by atoms with van der Waals surface area (Å²) in [4.78, 5) is 22.7. The number of carbonyl (C=O) groups is 1. The quantitative estimate of drug-likeness (QED) is 0.493. The predicted octanol–water partition coefficient (Wildman–Crippen LogP) is 2.11. The Morgan fingerprint density at radius 3 is 2.62 bits per heavy atom. The maximum Gasteiger partial charge on any atom is 0.269 e. The first-order valence-corrected chi connectivity index (χ1v) is 7.89. The van der Waals surface area contributed by atoms with Crippen molar-refractivity contribution in [2.75, 3.05) is 5.75 Å². The molecule has 2 rings (SSSR count). The second kappa shape index (κ2) is 7.42. The minimum atomic E-state index is -0.453. The number of nitro groups is 1. The van der Waals surface area contributed by atoms with E-state index >= 15 is 0 Å². The maximum absolute atomic E-state index is 11.9. The van der Waals surface area contributed by atoms with Gasteiger partial charge in [0.25, 0.3) is 5.69 Å². The van der Waals surface area contributed by atoms with Crippen LogP contribution < -0.4 is 5.32 Å². The lowest BCUT2D eigenvalue weighted by atomic mass is 9.93. The lowest BCUT2D eigenvalue weighted by Gasteiger charge is -2.28. The van der Waals surface area contributed by atoms with Crippen LogP contribution in [0.25, 0.3) is 0 Å². The summed E-state index contributed by atoms with van der Waals surface area (Å²) in [6, 6.07) is 5.96. The SMILES string of the molecule is O=C(CSc1ccc([N+](=O)[O-])cc1)NC1CCCCC1O. The van der Waals surface area contributed by atoms with Crippen molar-refractivity contribution in [2.45, 2.75) is 42.7 Å². The number of thioether (sulfide) groups is 1. The zero-order valence-electron chi connectivity index (χ0n) is 11.5. The van der Waals surface area contributed by atoms with Crippen molar-refractivity contribution >= 4 is 23.4 Å². The number of carbonyl (C=O) groups excluding carboxylic acids is 1. The Morgan fingerprint density at radius 2 is 2.00 bits per heavy atom. The minimum absolute atomic E-state index is 0.0362. The highest BCUT2D eigenvalue weighted by molar-refractivity contribution is 8.00. The van der Waals surface area contributed by atoms with E-state index in [4.69, 9.17) is 0 Å². The monoisotopic (exact) mass is 310 g/mol. The van der Waals surface area contributed by atoms with Crippen LogP contribution in [0.3, 0.4) is 0 Å². The van der Waals surface area contributed by atoms with Crippen molar-refractivity contribution in [3.05, 3.63) is 34.4 Å². The van der Waals surface area contributed by atoms with Gasteiger partial charge in [0.05, 0.1) is 22.8 Å². The molecule has 1 saturated carbocycles. The summed E-state index contributed by atoms with van der Waals surface area (Å²) < 4.78 is 0. The van der Waals surface area contributed by atoms with E-state index in [1.54, 1.807) is 12.1 Å². The average Bonchev–Trinajstić information content (AvgIpc) is 2.48. The number of benzene rings is 1. The van der Waals surface area contributed by atoms with Crippen LogP contribution in [0, 0.1) is 10.1 Å². The Kier molecular flexibility index (Phi) is 5.58. The second-order valence-electron chi connectivity index (χ2n) is 5.07. The van der Waals surface area contributed by atoms with Gasteiger partial charge in [-0.15, -0.1) is 11.8 Å². The lowest BCUT2D eigenvalue weighted by Crippen LogP contribution is -2.45. The van der Waals surface area contributed by atoms with E-state index in [1.165, 1.54) is 23.9 Å². The molecule has 0 saturated heterocycles. The summed E-state index contributed by atoms with van der Waals surface area (Å²) >= 11 is 1.32. The Morgan fingerprint density at radius 1 is 1.33 bits per heavy atom. The predicted molar refractivity (Wildman–Crippen MR) is 80.2 cm³/mol. The number of nitrogens with zero attached hydrogens (tertiary/aromatic N) is 1. The number of amides is 1. The third kappa shape index (κ3) is 4.71. The highest BCUT2D eigenvalue weighted by atomic mass is 32.2. The van der Waals surface area contributed by atoms with E-state index in [9.17, 15) is 20.0 Å². The van der Waals surface area contributed by atoms with Gasteiger partial charge in [-0.05, 0) is 25.0 Å². The summed E-state index contributed by atoms with van der Waals surface area (Å²) in [7, 11) is 0. The number of aliphatic hydroxyl groups is 1. The summed E-state index contributed by atoms with van der Waals surface area (Å²) in [5.74, 6) is 0.116. The molecule has 1 aromatic rings. The standard InChI is InChI=1S/C14H18N2O4S/c17-13-4-2-1-3-12(13)15-14(18)9-21-11-7-5-10(6-8-11)16(19)20/h5-8,12-13,17H,1-4,9H2,(H,15,18). The van der Waals surface area contributed by atoms with E-state index in [-0.39, 0.29) is 23.4 Å². The molecule has 0 radical (unpaired) electrons. The molecule has 0 spiro atoms. The normalized spacial score (nSPS) is 21.8. The lowest BCUT2D eigenvalue weighted by molar-refractivity contribution is -0.384. The van der Waals surface area contributed by atoms with Crippen molar-refractivity contribution in [3.63, 3.8) is 0 Å². The Balaban J connectivity index is 1.79. The van der Waals surface area contributed by atoms with Crippen LogP contribution in [0.4, 0.5) is 5.69 Å². The second-order valence-corrected chi connectivity index (χ2v) is 6.11. The molecule has 114 valence electrons. The molecule has 1 aliphatic rings. The van der Waals surface area contributed by atoms with Gasteiger partial charge < -0.3 is 10.4 Å². The molecule has 0 bridgehead atoms. The van der Waals surface area contributed by atoms with Crippen LogP contribution in [0.1, 0.15) is 25.7 Å². The van der Waals surface area contributed by atoms with Gasteiger partial charge in [-0.25, -0.2) is 0 Å². The molecule has 2 unspecified atom stereocenters. The van der Waals surface area contributed by atoms with Gasteiger partial charge in [0.1, 0.15) is 0 Å². The minimum Gasteiger partial charge on any atom is -0.391 e. The molecule has 0 aliphatic heterocycles. The first-order chi connectivity index (χ1) is 10.1. The Hall–Kier alpha value is -1.60. The fraction of sp³-hybridized carbons (Fsp3) is 0.500. The molecular formula is C14H18N2O4S. The average molecular weight is 310 g/mol. The van der Waals surface area contributed by atoms with Crippen molar-refractivity contribution in [3.8, 4) is 0 Å². The fourth-order valence-corrected chi connectivity index (χ4v) is 3.05. The van der Waals surface area contributed by atoms with Gasteiger partial charge in [-0.2, -0.15) is 0 Å². The van der Waals surface area contributed by atoms with Crippen molar-refractivity contribution in [1.82, 2.24) is 5.32 Å². The third-order valence-corrected chi connectivity index (χ3v) is 4.51. The molecular weight excluding hydrogens is 292 g/mol. The first kappa shape index (κ1) is 15.8. The van der Waals surface area contributed by atoms with Gasteiger partial charge in [0, 0.05) is 17.0 Å². The van der Waals surface area contributed by atoms with Crippen LogP contribution in [-0.2, 0) is 4.79 Å². The molecule has 7 heteroatoms. The largest absolute Gasteiger partial charge is 0.391 e. The van der Waals surface area contributed by atoms with Crippen molar-refractivity contribution < 1.29 is 14.8 Å². The molecule has 1 amide bonds. The third-order valence-electron chi connectivity index (χ3n) is 3.49. The van der Waals surface area contributed by atoms with E-state index in [1.807, 2.05) is 0 Å². The summed E-state index contributed by atoms with van der Waals surface area (Å²) in [6.45, 7) is 0. The van der Waals surface area contributed by atoms with Gasteiger partial charge in [0.15, 0.2) is 0 Å². The number of hydrogen-bond acceptors (Lipinski definition) is 5.